The number of nitrogens with zero attached hydrogens (tertiary/aromatic N) is 3. The summed E-state index contributed by atoms with van der Waals surface area (Å²) >= 11 is 6.02. The molecule has 0 saturated carbocycles. The van der Waals surface area contributed by atoms with Gasteiger partial charge in [0, 0.05) is 42.3 Å². The topological polar surface area (TPSA) is 85.7 Å². The van der Waals surface area contributed by atoms with E-state index in [0.29, 0.717) is 54.8 Å². The summed E-state index contributed by atoms with van der Waals surface area (Å²) in [5.74, 6) is 0.164. The average molecular weight is 433 g/mol. The molecule has 0 radical (unpaired) electrons. The van der Waals surface area contributed by atoms with Crippen molar-refractivity contribution in [2.24, 2.45) is 0 Å². The zero-order valence-electron chi connectivity index (χ0n) is 16.9. The van der Waals surface area contributed by atoms with Crippen LogP contribution in [0.4, 0.5) is 0 Å². The number of carbonyl (C=O) groups is 2. The number of carbonyl (C=O) groups excluding carboxylic acids is 2. The van der Waals surface area contributed by atoms with Crippen molar-refractivity contribution in [2.75, 3.05) is 33.4 Å². The van der Waals surface area contributed by atoms with Crippen LogP contribution in [0.5, 0.6) is 5.75 Å². The third-order valence-electron chi connectivity index (χ3n) is 5.51. The molecule has 8 nitrogen and oxygen atoms in total. The number of benzene rings is 1. The van der Waals surface area contributed by atoms with Gasteiger partial charge in [-0.1, -0.05) is 11.6 Å². The minimum absolute atomic E-state index is 0.0271. The van der Waals surface area contributed by atoms with Gasteiger partial charge in [-0.2, -0.15) is 5.10 Å². The van der Waals surface area contributed by atoms with E-state index in [1.165, 1.54) is 7.11 Å². The highest BCUT2D eigenvalue weighted by Crippen LogP contribution is 2.24. The molecule has 2 aliphatic rings. The Kier molecular flexibility index (Phi) is 6.24. The number of aromatic nitrogens is 2. The standard InChI is InChI=1S/C21H25ClN4O4/c1-29-18-5-4-14(22)12-15(18)20(27)23-7-10-26-17-6-11-30-13-16(17)19(24-26)21(28)25-8-2-3-9-25/h4-5,12H,2-3,6-11,13H2,1H3,(H,23,27). The molecule has 0 atom stereocenters. The number of halogens is 1. The third-order valence-corrected chi connectivity index (χ3v) is 5.74. The molecule has 1 fully saturated rings. The van der Waals surface area contributed by atoms with Crippen LogP contribution in [0, 0.1) is 0 Å². The first-order valence-corrected chi connectivity index (χ1v) is 10.5. The van der Waals surface area contributed by atoms with Crippen molar-refractivity contribution in [2.45, 2.75) is 32.4 Å². The fourth-order valence-electron chi connectivity index (χ4n) is 3.96. The van der Waals surface area contributed by atoms with Crippen molar-refractivity contribution in [1.82, 2.24) is 20.0 Å². The predicted octanol–water partition coefficient (Wildman–Crippen LogP) is 2.28. The Labute approximate surface area is 180 Å². The Morgan fingerprint density at radius 2 is 2.10 bits per heavy atom. The van der Waals surface area contributed by atoms with Gasteiger partial charge < -0.3 is 19.7 Å². The van der Waals surface area contributed by atoms with Crippen molar-refractivity contribution in [3.05, 3.63) is 45.7 Å². The lowest BCUT2D eigenvalue weighted by atomic mass is 10.1. The summed E-state index contributed by atoms with van der Waals surface area (Å²) in [6.07, 6.45) is 2.76. The van der Waals surface area contributed by atoms with E-state index in [2.05, 4.69) is 10.4 Å². The molecule has 1 aromatic carbocycles. The summed E-state index contributed by atoms with van der Waals surface area (Å²) in [4.78, 5) is 27.3. The van der Waals surface area contributed by atoms with Crippen molar-refractivity contribution in [3.8, 4) is 5.75 Å². The second kappa shape index (κ2) is 9.06. The highest BCUT2D eigenvalue weighted by Gasteiger charge is 2.29. The molecule has 0 spiro atoms. The maximum atomic E-state index is 12.9. The number of hydrogen-bond acceptors (Lipinski definition) is 5. The molecule has 9 heteroatoms. The van der Waals surface area contributed by atoms with E-state index in [0.717, 1.165) is 37.2 Å². The molecular weight excluding hydrogens is 408 g/mol. The third kappa shape index (κ3) is 4.15. The van der Waals surface area contributed by atoms with Crippen LogP contribution in [-0.4, -0.2) is 59.8 Å². The van der Waals surface area contributed by atoms with Crippen molar-refractivity contribution in [3.63, 3.8) is 0 Å². The number of ether oxygens (including phenoxy) is 2. The molecule has 1 aromatic heterocycles. The Hall–Kier alpha value is -2.58. The van der Waals surface area contributed by atoms with E-state index in [1.54, 1.807) is 18.2 Å². The lowest BCUT2D eigenvalue weighted by Crippen LogP contribution is -2.29. The predicted molar refractivity (Wildman–Crippen MR) is 111 cm³/mol. The number of fused-ring (bicyclic) bond motifs is 1. The Morgan fingerprint density at radius 1 is 1.30 bits per heavy atom. The molecule has 0 bridgehead atoms. The maximum Gasteiger partial charge on any atom is 0.274 e. The molecule has 30 heavy (non-hydrogen) atoms. The second-order valence-corrected chi connectivity index (χ2v) is 7.84. The molecule has 3 heterocycles. The molecule has 2 aliphatic heterocycles. The van der Waals surface area contributed by atoms with Gasteiger partial charge in [0.25, 0.3) is 11.8 Å². The highest BCUT2D eigenvalue weighted by molar-refractivity contribution is 6.31. The molecule has 4 rings (SSSR count). The molecule has 1 N–H and O–H groups in total. The van der Waals surface area contributed by atoms with Crippen LogP contribution in [-0.2, 0) is 24.3 Å². The van der Waals surface area contributed by atoms with Gasteiger partial charge in [0.1, 0.15) is 5.75 Å². The zero-order chi connectivity index (χ0) is 21.1. The molecule has 1 saturated heterocycles. The summed E-state index contributed by atoms with van der Waals surface area (Å²) in [7, 11) is 1.51. The summed E-state index contributed by atoms with van der Waals surface area (Å²) in [5.41, 5.74) is 2.75. The fourth-order valence-corrected chi connectivity index (χ4v) is 4.14. The number of nitrogens with one attached hydrogen (secondary N) is 1. The number of amides is 2. The van der Waals surface area contributed by atoms with Crippen LogP contribution in [0.1, 0.15) is 44.9 Å². The van der Waals surface area contributed by atoms with Gasteiger partial charge in [-0.05, 0) is 31.0 Å². The van der Waals surface area contributed by atoms with Gasteiger partial charge in [0.15, 0.2) is 5.69 Å². The van der Waals surface area contributed by atoms with Gasteiger partial charge >= 0.3 is 0 Å². The number of hydrogen-bond donors (Lipinski definition) is 1. The Bertz CT molecular complexity index is 953. The zero-order valence-corrected chi connectivity index (χ0v) is 17.7. The van der Waals surface area contributed by atoms with Gasteiger partial charge in [-0.25, -0.2) is 0 Å². The normalized spacial score (nSPS) is 15.7. The summed E-state index contributed by atoms with van der Waals surface area (Å²) in [5, 5.41) is 7.95. The number of methoxy groups -OCH3 is 1. The smallest absolute Gasteiger partial charge is 0.274 e. The minimum atomic E-state index is -0.271. The average Bonchev–Trinajstić information content (AvgIpc) is 3.42. The van der Waals surface area contributed by atoms with Gasteiger partial charge in [-0.3, -0.25) is 14.3 Å². The van der Waals surface area contributed by atoms with Crippen molar-refractivity contribution < 1.29 is 19.1 Å². The summed E-state index contributed by atoms with van der Waals surface area (Å²) < 4.78 is 12.7. The van der Waals surface area contributed by atoms with Crippen LogP contribution in [0.15, 0.2) is 18.2 Å². The van der Waals surface area contributed by atoms with E-state index >= 15 is 0 Å². The lowest BCUT2D eigenvalue weighted by molar-refractivity contribution is 0.0772. The molecule has 0 unspecified atom stereocenters. The Morgan fingerprint density at radius 3 is 2.87 bits per heavy atom. The highest BCUT2D eigenvalue weighted by atomic mass is 35.5. The van der Waals surface area contributed by atoms with Crippen LogP contribution in [0.25, 0.3) is 0 Å². The maximum absolute atomic E-state index is 12.9. The second-order valence-electron chi connectivity index (χ2n) is 7.40. The number of rotatable bonds is 6. The van der Waals surface area contributed by atoms with Gasteiger partial charge in [0.05, 0.1) is 32.4 Å². The van der Waals surface area contributed by atoms with Crippen LogP contribution < -0.4 is 10.1 Å². The lowest BCUT2D eigenvalue weighted by Gasteiger charge is -2.17. The van der Waals surface area contributed by atoms with E-state index in [9.17, 15) is 9.59 Å². The van der Waals surface area contributed by atoms with E-state index in [-0.39, 0.29) is 11.8 Å². The first kappa shape index (κ1) is 20.7. The van der Waals surface area contributed by atoms with E-state index in [1.807, 2.05) is 9.58 Å². The van der Waals surface area contributed by atoms with Crippen molar-refractivity contribution >= 4 is 23.4 Å². The fraction of sp³-hybridized carbons (Fsp3) is 0.476. The molecule has 2 aromatic rings. The largest absolute Gasteiger partial charge is 0.496 e. The minimum Gasteiger partial charge on any atom is -0.496 e. The first-order valence-electron chi connectivity index (χ1n) is 10.2. The molecule has 2 amide bonds. The molecule has 160 valence electrons. The van der Waals surface area contributed by atoms with E-state index in [4.69, 9.17) is 21.1 Å². The van der Waals surface area contributed by atoms with Crippen LogP contribution in [0.3, 0.4) is 0 Å². The first-order chi connectivity index (χ1) is 14.6. The van der Waals surface area contributed by atoms with Crippen LogP contribution in [0.2, 0.25) is 5.02 Å². The summed E-state index contributed by atoms with van der Waals surface area (Å²) in [6.45, 7) is 3.38. The number of likely N-dealkylation sites (tertiary alicyclic amines) is 1. The molecular formula is C21H25ClN4O4. The summed E-state index contributed by atoms with van der Waals surface area (Å²) in [6, 6.07) is 4.92. The van der Waals surface area contributed by atoms with Gasteiger partial charge in [-0.15, -0.1) is 0 Å². The van der Waals surface area contributed by atoms with E-state index < -0.39 is 0 Å². The van der Waals surface area contributed by atoms with Gasteiger partial charge in [0.2, 0.25) is 0 Å². The van der Waals surface area contributed by atoms with Crippen LogP contribution >= 0.6 is 11.6 Å². The van der Waals surface area contributed by atoms with Crippen molar-refractivity contribution in [1.29, 1.82) is 0 Å². The Balaban J connectivity index is 1.47. The molecule has 0 aliphatic carbocycles. The quantitative estimate of drug-likeness (QED) is 0.756. The SMILES string of the molecule is COc1ccc(Cl)cc1C(=O)NCCn1nc(C(=O)N2CCCC2)c2c1CCOC2. The monoisotopic (exact) mass is 432 g/mol.